The molecule has 0 spiro atoms. The third-order valence-corrected chi connectivity index (χ3v) is 6.07. The molecule has 0 aromatic heterocycles. The number of thiocarbonyl (C=S) groups is 2. The van der Waals surface area contributed by atoms with Crippen LogP contribution in [0.1, 0.15) is 0 Å². The summed E-state index contributed by atoms with van der Waals surface area (Å²) < 4.78 is 0. The summed E-state index contributed by atoms with van der Waals surface area (Å²) in [6, 6.07) is 23.4. The molecule has 4 amide bonds. The van der Waals surface area contributed by atoms with Crippen molar-refractivity contribution in [2.24, 2.45) is 0 Å². The van der Waals surface area contributed by atoms with Gasteiger partial charge in [0.05, 0.1) is 22.7 Å². The first-order valence-corrected chi connectivity index (χ1v) is 10.9. The van der Waals surface area contributed by atoms with Gasteiger partial charge in [-0.25, -0.2) is 19.6 Å². The van der Waals surface area contributed by atoms with E-state index >= 15 is 0 Å². The van der Waals surface area contributed by atoms with Crippen LogP contribution in [0.4, 0.5) is 22.7 Å². The number of hydrogen-bond donors (Lipinski definition) is 0. The van der Waals surface area contributed by atoms with Crippen LogP contribution in [0, 0.1) is 0 Å². The Kier molecular flexibility index (Phi) is 5.23. The molecule has 0 bridgehead atoms. The molecule has 2 saturated heterocycles. The first-order valence-electron chi connectivity index (χ1n) is 10.1. The van der Waals surface area contributed by atoms with Crippen molar-refractivity contribution in [3.8, 4) is 0 Å². The summed E-state index contributed by atoms with van der Waals surface area (Å²) in [5, 5.41) is 0.0410. The zero-order chi connectivity index (χ0) is 24.0. The summed E-state index contributed by atoms with van der Waals surface area (Å²) in [5.41, 5.74) is 1.65. The zero-order valence-corrected chi connectivity index (χ0v) is 19.0. The van der Waals surface area contributed by atoms with E-state index in [1.165, 1.54) is 34.1 Å². The topological polar surface area (TPSA) is 81.2 Å². The fraction of sp³-hybridized carbons (Fsp3) is 0. The van der Waals surface area contributed by atoms with Crippen molar-refractivity contribution in [3.05, 3.63) is 84.9 Å². The SMILES string of the molecule is O=C1C(=O)N(c2ccc(N3C(=O)C(=O)N(c4ccccc4)C3=S)cc2)C(=S)N1c1ccccc1. The normalized spacial score (nSPS) is 16.4. The number of rotatable bonds is 4. The minimum Gasteiger partial charge on any atom is -0.263 e. The van der Waals surface area contributed by atoms with Crippen LogP contribution in [0.3, 0.4) is 0 Å². The molecule has 3 aromatic carbocycles. The van der Waals surface area contributed by atoms with Crippen LogP contribution in [0.2, 0.25) is 0 Å². The van der Waals surface area contributed by atoms with Crippen molar-refractivity contribution in [3.63, 3.8) is 0 Å². The standard InChI is InChI=1S/C24H14N4O4S2/c29-19-21(31)27(23(33)25(19)15-7-3-1-4-8-15)17-11-13-18(14-12-17)28-22(32)20(30)26(24(28)34)16-9-5-2-6-10-16/h1-14H. The smallest absolute Gasteiger partial charge is 0.263 e. The second-order valence-corrected chi connectivity index (χ2v) is 8.05. The Morgan fingerprint density at radius 3 is 0.882 bits per heavy atom. The number of benzene rings is 3. The van der Waals surface area contributed by atoms with E-state index in [-0.39, 0.29) is 10.2 Å². The fourth-order valence-corrected chi connectivity index (χ4v) is 4.50. The summed E-state index contributed by atoms with van der Waals surface area (Å²) in [5.74, 6) is -3.11. The Balaban J connectivity index is 1.43. The van der Waals surface area contributed by atoms with Gasteiger partial charge >= 0.3 is 23.6 Å². The number of para-hydroxylation sites is 2. The summed E-state index contributed by atoms with van der Waals surface area (Å²) >= 11 is 10.8. The minimum absolute atomic E-state index is 0.0205. The molecular formula is C24H14N4O4S2. The number of carbonyl (C=O) groups excluding carboxylic acids is 4. The van der Waals surface area contributed by atoms with E-state index in [1.807, 2.05) is 0 Å². The maximum Gasteiger partial charge on any atom is 0.323 e. The molecule has 2 aliphatic rings. The third kappa shape index (κ3) is 3.28. The van der Waals surface area contributed by atoms with Gasteiger partial charge in [0, 0.05) is 0 Å². The van der Waals surface area contributed by atoms with Crippen LogP contribution in [-0.4, -0.2) is 33.9 Å². The van der Waals surface area contributed by atoms with Crippen LogP contribution in [0.15, 0.2) is 84.9 Å². The summed E-state index contributed by atoms with van der Waals surface area (Å²) in [6.07, 6.45) is 0. The maximum absolute atomic E-state index is 12.7. The first-order chi connectivity index (χ1) is 16.4. The largest absolute Gasteiger partial charge is 0.323 e. The van der Waals surface area contributed by atoms with Gasteiger partial charge in [-0.15, -0.1) is 0 Å². The average Bonchev–Trinajstić information content (AvgIpc) is 3.22. The van der Waals surface area contributed by atoms with Crippen LogP contribution in [-0.2, 0) is 19.2 Å². The number of anilines is 4. The molecule has 0 aliphatic carbocycles. The lowest BCUT2D eigenvalue weighted by Crippen LogP contribution is -2.34. The molecule has 0 N–H and O–H groups in total. The van der Waals surface area contributed by atoms with Gasteiger partial charge in [0.1, 0.15) is 0 Å². The molecule has 3 aromatic rings. The van der Waals surface area contributed by atoms with E-state index in [4.69, 9.17) is 24.4 Å². The Bertz CT molecular complexity index is 1270. The molecule has 8 nitrogen and oxygen atoms in total. The Morgan fingerprint density at radius 1 is 0.382 bits per heavy atom. The highest BCUT2D eigenvalue weighted by molar-refractivity contribution is 7.81. The number of hydrogen-bond acceptors (Lipinski definition) is 6. The third-order valence-electron chi connectivity index (χ3n) is 5.34. The van der Waals surface area contributed by atoms with E-state index < -0.39 is 23.6 Å². The van der Waals surface area contributed by atoms with Gasteiger partial charge in [0.25, 0.3) is 0 Å². The molecule has 34 heavy (non-hydrogen) atoms. The van der Waals surface area contributed by atoms with Gasteiger partial charge in [0.15, 0.2) is 10.2 Å². The van der Waals surface area contributed by atoms with Gasteiger partial charge in [0.2, 0.25) is 0 Å². The first kappa shape index (κ1) is 21.6. The molecule has 0 atom stereocenters. The van der Waals surface area contributed by atoms with Crippen molar-refractivity contribution >= 4 is 81.0 Å². The second-order valence-electron chi connectivity index (χ2n) is 7.31. The van der Waals surface area contributed by atoms with E-state index in [0.717, 1.165) is 9.80 Å². The highest BCUT2D eigenvalue weighted by atomic mass is 32.1. The molecular weight excluding hydrogens is 472 g/mol. The summed E-state index contributed by atoms with van der Waals surface area (Å²) in [6.45, 7) is 0. The zero-order valence-electron chi connectivity index (χ0n) is 17.3. The number of nitrogens with zero attached hydrogens (tertiary/aromatic N) is 4. The summed E-state index contributed by atoms with van der Waals surface area (Å²) in [7, 11) is 0. The Labute approximate surface area is 204 Å². The van der Waals surface area contributed by atoms with Gasteiger partial charge in [-0.1, -0.05) is 36.4 Å². The minimum atomic E-state index is -0.792. The lowest BCUT2D eigenvalue weighted by molar-refractivity contribution is -0.133. The van der Waals surface area contributed by atoms with Crippen LogP contribution >= 0.6 is 24.4 Å². The Morgan fingerprint density at radius 2 is 0.618 bits per heavy atom. The number of carbonyl (C=O) groups is 4. The van der Waals surface area contributed by atoms with Crippen LogP contribution < -0.4 is 19.6 Å². The monoisotopic (exact) mass is 486 g/mol. The molecule has 2 heterocycles. The molecule has 0 unspecified atom stereocenters. The van der Waals surface area contributed by atoms with Gasteiger partial charge in [-0.3, -0.25) is 19.2 Å². The van der Waals surface area contributed by atoms with Gasteiger partial charge in [-0.05, 0) is 73.0 Å². The highest BCUT2D eigenvalue weighted by Gasteiger charge is 2.45. The quantitative estimate of drug-likeness (QED) is 0.417. The van der Waals surface area contributed by atoms with Crippen LogP contribution in [0.5, 0.6) is 0 Å². The predicted octanol–water partition coefficient (Wildman–Crippen LogP) is 3.02. The number of amides is 4. The molecule has 2 fully saturated rings. The van der Waals surface area contributed by atoms with Crippen molar-refractivity contribution in [1.29, 1.82) is 0 Å². The van der Waals surface area contributed by atoms with Crippen molar-refractivity contribution in [1.82, 2.24) is 0 Å². The maximum atomic E-state index is 12.7. The lowest BCUT2D eigenvalue weighted by atomic mass is 10.2. The molecule has 166 valence electrons. The molecule has 0 saturated carbocycles. The van der Waals surface area contributed by atoms with Crippen molar-refractivity contribution in [2.75, 3.05) is 19.6 Å². The van der Waals surface area contributed by atoms with Crippen molar-refractivity contribution in [2.45, 2.75) is 0 Å². The molecule has 2 aliphatic heterocycles. The van der Waals surface area contributed by atoms with E-state index in [0.29, 0.717) is 22.7 Å². The fourth-order valence-electron chi connectivity index (χ4n) is 3.75. The second kappa shape index (κ2) is 8.25. The predicted molar refractivity (Wildman–Crippen MR) is 134 cm³/mol. The van der Waals surface area contributed by atoms with Crippen LogP contribution in [0.25, 0.3) is 0 Å². The molecule has 10 heteroatoms. The van der Waals surface area contributed by atoms with Gasteiger partial charge < -0.3 is 0 Å². The van der Waals surface area contributed by atoms with Crippen molar-refractivity contribution < 1.29 is 19.2 Å². The van der Waals surface area contributed by atoms with Gasteiger partial charge in [-0.2, -0.15) is 0 Å². The molecule has 0 radical (unpaired) electrons. The summed E-state index contributed by atoms with van der Waals surface area (Å²) in [4.78, 5) is 55.2. The van der Waals surface area contributed by atoms with E-state index in [2.05, 4.69) is 0 Å². The average molecular weight is 487 g/mol. The molecule has 5 rings (SSSR count). The van der Waals surface area contributed by atoms with E-state index in [9.17, 15) is 19.2 Å². The highest BCUT2D eigenvalue weighted by Crippen LogP contribution is 2.31. The lowest BCUT2D eigenvalue weighted by Gasteiger charge is -2.21. The van der Waals surface area contributed by atoms with E-state index in [1.54, 1.807) is 60.7 Å². The Hall–Kier alpha value is -4.28.